The Balaban J connectivity index is 1.11. The van der Waals surface area contributed by atoms with Crippen molar-refractivity contribution in [3.8, 4) is 0 Å². The third kappa shape index (κ3) is 10.2. The molecule has 0 spiro atoms. The van der Waals surface area contributed by atoms with Gasteiger partial charge in [0.05, 0.1) is 23.7 Å². The number of amides is 2. The van der Waals surface area contributed by atoms with E-state index in [2.05, 4.69) is 36.1 Å². The molecule has 0 bridgehead atoms. The second-order valence-corrected chi connectivity index (χ2v) is 12.2. The summed E-state index contributed by atoms with van der Waals surface area (Å²) < 4.78 is 16.8. The predicted molar refractivity (Wildman–Crippen MR) is 185 cm³/mol. The first-order valence-electron chi connectivity index (χ1n) is 16.6. The average molecular weight is 662 g/mol. The quantitative estimate of drug-likeness (QED) is 0.185. The van der Waals surface area contributed by atoms with Gasteiger partial charge >= 0.3 is 6.09 Å². The molecule has 2 aromatic heterocycles. The first-order chi connectivity index (χ1) is 23.4. The third-order valence-electron chi connectivity index (χ3n) is 8.20. The van der Waals surface area contributed by atoms with Crippen LogP contribution in [0, 0.1) is 0 Å². The fraction of sp³-hybridized carbons (Fsp3) is 0.500. The summed E-state index contributed by atoms with van der Waals surface area (Å²) in [7, 11) is 1.75. The molecule has 2 amide bonds. The van der Waals surface area contributed by atoms with Crippen LogP contribution in [0.3, 0.4) is 0 Å². The molecule has 2 saturated heterocycles. The van der Waals surface area contributed by atoms with Gasteiger partial charge in [0.25, 0.3) is 0 Å². The van der Waals surface area contributed by atoms with Gasteiger partial charge in [-0.25, -0.2) is 14.8 Å². The van der Waals surface area contributed by atoms with Gasteiger partial charge < -0.3 is 45.3 Å². The fourth-order valence-electron chi connectivity index (χ4n) is 5.68. The number of piperazine rings is 1. The number of hydrogen-bond donors (Lipinski definition) is 4. The minimum atomic E-state index is -0.346. The Kier molecular flexibility index (Phi) is 12.7. The molecule has 0 aliphatic carbocycles. The van der Waals surface area contributed by atoms with Gasteiger partial charge in [-0.15, -0.1) is 0 Å². The molecule has 1 aromatic carbocycles. The monoisotopic (exact) mass is 661 g/mol. The van der Waals surface area contributed by atoms with E-state index in [1.807, 2.05) is 50.2 Å². The summed E-state index contributed by atoms with van der Waals surface area (Å²) in [5, 5.41) is 12.9. The van der Waals surface area contributed by atoms with Crippen LogP contribution in [0.15, 0.2) is 54.9 Å². The number of carbonyl (C=O) groups excluding carboxylic acids is 2. The van der Waals surface area contributed by atoms with Crippen LogP contribution in [0.25, 0.3) is 0 Å². The van der Waals surface area contributed by atoms with Crippen molar-refractivity contribution >= 4 is 41.0 Å². The molecule has 48 heavy (non-hydrogen) atoms. The van der Waals surface area contributed by atoms with Crippen LogP contribution in [-0.2, 0) is 25.6 Å². The first-order valence-corrected chi connectivity index (χ1v) is 16.6. The highest BCUT2D eigenvalue weighted by atomic mass is 16.6. The van der Waals surface area contributed by atoms with Gasteiger partial charge in [0.2, 0.25) is 11.9 Å². The van der Waals surface area contributed by atoms with E-state index in [0.717, 1.165) is 31.5 Å². The summed E-state index contributed by atoms with van der Waals surface area (Å²) in [6.07, 6.45) is 5.70. The molecular formula is C34H47N9O5. The number of hydrogen-bond acceptors (Lipinski definition) is 12. The Hall–Kier alpha value is -4.53. The molecule has 258 valence electrons. The third-order valence-corrected chi connectivity index (χ3v) is 8.20. The van der Waals surface area contributed by atoms with E-state index >= 15 is 0 Å². The smallest absolute Gasteiger partial charge is 0.410 e. The highest BCUT2D eigenvalue weighted by Crippen LogP contribution is 2.27. The molecule has 0 radical (unpaired) electrons. The molecule has 4 heterocycles. The maximum atomic E-state index is 12.9. The number of nitrogens with zero attached hydrogens (tertiary/aromatic N) is 5. The summed E-state index contributed by atoms with van der Waals surface area (Å²) in [5.41, 5.74) is 2.19. The maximum Gasteiger partial charge on any atom is 0.410 e. The number of carbonyl (C=O) groups is 2. The van der Waals surface area contributed by atoms with E-state index in [9.17, 15) is 9.59 Å². The van der Waals surface area contributed by atoms with Crippen molar-refractivity contribution in [1.82, 2.24) is 25.2 Å². The molecule has 1 unspecified atom stereocenters. The van der Waals surface area contributed by atoms with Crippen molar-refractivity contribution in [2.24, 2.45) is 0 Å². The van der Waals surface area contributed by atoms with Crippen LogP contribution >= 0.6 is 0 Å². The normalized spacial score (nSPS) is 16.9. The lowest BCUT2D eigenvalue weighted by molar-refractivity contribution is -0.120. The molecular weight excluding hydrogens is 614 g/mol. The minimum Gasteiger partial charge on any atom is -0.445 e. The van der Waals surface area contributed by atoms with Crippen LogP contribution in [-0.4, -0.2) is 103 Å². The topological polar surface area (TPSA) is 155 Å². The zero-order valence-corrected chi connectivity index (χ0v) is 28.0. The Morgan fingerprint density at radius 1 is 1.04 bits per heavy atom. The SMILES string of the molecule is COC1CCN(c2nccc(Nc3cc(NC(C)C)c(NC(=O)COCCC4CNCCN4C(=O)OCc4ccccc4)cn3)n2)CC1. The summed E-state index contributed by atoms with van der Waals surface area (Å²) in [4.78, 5) is 43.2. The predicted octanol–water partition coefficient (Wildman–Crippen LogP) is 4.01. The number of benzene rings is 1. The number of ether oxygens (including phenoxy) is 3. The second kappa shape index (κ2) is 17.6. The van der Waals surface area contributed by atoms with E-state index in [1.54, 1.807) is 30.5 Å². The van der Waals surface area contributed by atoms with Gasteiger partial charge in [-0.1, -0.05) is 30.3 Å². The Bertz CT molecular complexity index is 1470. The highest BCUT2D eigenvalue weighted by molar-refractivity contribution is 5.95. The summed E-state index contributed by atoms with van der Waals surface area (Å²) in [6.45, 7) is 7.99. The lowest BCUT2D eigenvalue weighted by Gasteiger charge is -2.35. The van der Waals surface area contributed by atoms with Crippen molar-refractivity contribution in [2.75, 3.05) is 73.9 Å². The molecule has 14 heteroatoms. The Morgan fingerprint density at radius 3 is 2.62 bits per heavy atom. The molecule has 1 atom stereocenters. The second-order valence-electron chi connectivity index (χ2n) is 12.2. The van der Waals surface area contributed by atoms with Crippen LogP contribution in [0.5, 0.6) is 0 Å². The van der Waals surface area contributed by atoms with Crippen LogP contribution in [0.4, 0.5) is 33.8 Å². The summed E-state index contributed by atoms with van der Waals surface area (Å²) in [5.74, 6) is 1.55. The molecule has 14 nitrogen and oxygen atoms in total. The van der Waals surface area contributed by atoms with Gasteiger partial charge in [-0.2, -0.15) is 4.98 Å². The van der Waals surface area contributed by atoms with Crippen molar-refractivity contribution < 1.29 is 23.8 Å². The largest absolute Gasteiger partial charge is 0.445 e. The van der Waals surface area contributed by atoms with Crippen molar-refractivity contribution in [1.29, 1.82) is 0 Å². The van der Waals surface area contributed by atoms with Gasteiger partial charge in [-0.3, -0.25) is 4.79 Å². The standard InChI is InChI=1S/C34H47N9O5/c1-24(2)38-28-19-31(40-30-9-13-36-33(41-30)42-15-10-27(46-3)11-16-42)37-21-29(28)39-32(44)23-47-18-12-26-20-35-14-17-43(26)34(45)48-22-25-7-5-4-6-8-25/h4-9,13,19,21,24,26-27,35H,10-12,14-18,20,22-23H2,1-3H3,(H,39,44)(H2,36,37,38,40,41). The molecule has 5 rings (SSSR count). The zero-order valence-electron chi connectivity index (χ0n) is 28.0. The number of piperidine rings is 1. The first kappa shape index (κ1) is 34.8. The maximum absolute atomic E-state index is 12.9. The number of pyridine rings is 1. The molecule has 2 aliphatic rings. The highest BCUT2D eigenvalue weighted by Gasteiger charge is 2.28. The molecule has 2 fully saturated rings. The summed E-state index contributed by atoms with van der Waals surface area (Å²) >= 11 is 0. The molecule has 2 aliphatic heterocycles. The van der Waals surface area contributed by atoms with E-state index < -0.39 is 0 Å². The molecule has 0 saturated carbocycles. The average Bonchev–Trinajstić information content (AvgIpc) is 3.11. The van der Waals surface area contributed by atoms with Gasteiger partial charge in [0.1, 0.15) is 24.8 Å². The lowest BCUT2D eigenvalue weighted by Crippen LogP contribution is -2.54. The van der Waals surface area contributed by atoms with Crippen LogP contribution in [0.1, 0.15) is 38.7 Å². The zero-order chi connectivity index (χ0) is 33.7. The fourth-order valence-corrected chi connectivity index (χ4v) is 5.68. The number of anilines is 5. The lowest BCUT2D eigenvalue weighted by atomic mass is 10.1. The van der Waals surface area contributed by atoms with Gasteiger partial charge in [0.15, 0.2) is 0 Å². The summed E-state index contributed by atoms with van der Waals surface area (Å²) in [6, 6.07) is 13.3. The van der Waals surface area contributed by atoms with Crippen LogP contribution in [0.2, 0.25) is 0 Å². The van der Waals surface area contributed by atoms with E-state index in [4.69, 9.17) is 19.2 Å². The van der Waals surface area contributed by atoms with E-state index in [1.165, 1.54) is 0 Å². The number of aromatic nitrogens is 3. The van der Waals surface area contributed by atoms with Crippen molar-refractivity contribution in [3.63, 3.8) is 0 Å². The number of methoxy groups -OCH3 is 1. The molecule has 4 N–H and O–H groups in total. The van der Waals surface area contributed by atoms with Gasteiger partial charge in [0, 0.05) is 70.8 Å². The van der Waals surface area contributed by atoms with Crippen molar-refractivity contribution in [2.45, 2.75) is 57.9 Å². The van der Waals surface area contributed by atoms with Crippen molar-refractivity contribution in [3.05, 3.63) is 60.4 Å². The van der Waals surface area contributed by atoms with E-state index in [0.29, 0.717) is 61.6 Å². The number of rotatable bonds is 14. The Morgan fingerprint density at radius 2 is 1.85 bits per heavy atom. The van der Waals surface area contributed by atoms with E-state index in [-0.39, 0.29) is 43.4 Å². The van der Waals surface area contributed by atoms with Crippen LogP contribution < -0.4 is 26.2 Å². The molecule has 3 aromatic rings. The van der Waals surface area contributed by atoms with Gasteiger partial charge in [-0.05, 0) is 44.7 Å². The number of nitrogens with one attached hydrogen (secondary N) is 4. The minimum absolute atomic E-state index is 0.0926. The Labute approximate surface area is 282 Å².